The average molecular weight is 266 g/mol. The van der Waals surface area contributed by atoms with Gasteiger partial charge < -0.3 is 9.52 Å². The number of nitrogens with zero attached hydrogens (tertiary/aromatic N) is 2. The molecule has 0 spiro atoms. The highest BCUT2D eigenvalue weighted by Crippen LogP contribution is 2.26. The zero-order valence-corrected chi connectivity index (χ0v) is 11.2. The molecule has 0 fully saturated rings. The molecule has 0 aliphatic carbocycles. The number of aromatic carboxylic acids is 1. The molecule has 0 radical (unpaired) electrons. The topological polar surface area (TPSA) is 68.3 Å². The second-order valence-corrected chi connectivity index (χ2v) is 5.03. The number of rotatable bonds is 4. The molecule has 0 saturated heterocycles. The van der Waals surface area contributed by atoms with Crippen LogP contribution >= 0.6 is 11.8 Å². The Labute approximate surface area is 109 Å². The van der Waals surface area contributed by atoms with E-state index in [1.165, 1.54) is 0 Å². The maximum atomic E-state index is 10.8. The van der Waals surface area contributed by atoms with Crippen LogP contribution in [-0.2, 0) is 12.8 Å². The molecule has 2 aromatic rings. The first-order chi connectivity index (χ1) is 8.47. The summed E-state index contributed by atoms with van der Waals surface area (Å²) in [5.41, 5.74) is 1.87. The van der Waals surface area contributed by atoms with Gasteiger partial charge in [-0.25, -0.2) is 4.79 Å². The van der Waals surface area contributed by atoms with Crippen molar-refractivity contribution in [3.8, 4) is 0 Å². The standard InChI is InChI=1S/C12H14N2O3S/c1-7-4-11(14(3)13-7)18-6-9-5-10(12(15)16)17-8(9)2/h4-5H,6H2,1-3H3,(H,15,16). The molecule has 2 aromatic heterocycles. The molecular weight excluding hydrogens is 252 g/mol. The molecule has 96 valence electrons. The third kappa shape index (κ3) is 2.59. The van der Waals surface area contributed by atoms with Gasteiger partial charge in [-0.1, -0.05) is 0 Å². The monoisotopic (exact) mass is 266 g/mol. The highest BCUT2D eigenvalue weighted by molar-refractivity contribution is 7.98. The number of hydrogen-bond acceptors (Lipinski definition) is 4. The van der Waals surface area contributed by atoms with Gasteiger partial charge in [-0.3, -0.25) is 4.68 Å². The maximum Gasteiger partial charge on any atom is 0.371 e. The van der Waals surface area contributed by atoms with E-state index in [9.17, 15) is 4.79 Å². The fourth-order valence-electron chi connectivity index (χ4n) is 1.64. The van der Waals surface area contributed by atoms with Crippen molar-refractivity contribution in [2.24, 2.45) is 7.05 Å². The molecule has 0 aromatic carbocycles. The molecule has 0 amide bonds. The lowest BCUT2D eigenvalue weighted by molar-refractivity contribution is 0.0661. The molecular formula is C12H14N2O3S. The lowest BCUT2D eigenvalue weighted by Crippen LogP contribution is -1.93. The van der Waals surface area contributed by atoms with E-state index in [2.05, 4.69) is 5.10 Å². The van der Waals surface area contributed by atoms with Crippen molar-refractivity contribution in [2.75, 3.05) is 0 Å². The Kier molecular flexibility index (Phi) is 3.47. The van der Waals surface area contributed by atoms with Crippen LogP contribution < -0.4 is 0 Å². The first-order valence-corrected chi connectivity index (χ1v) is 6.42. The van der Waals surface area contributed by atoms with Crippen molar-refractivity contribution in [3.05, 3.63) is 34.9 Å². The quantitative estimate of drug-likeness (QED) is 0.861. The summed E-state index contributed by atoms with van der Waals surface area (Å²) in [5.74, 6) is 0.274. The van der Waals surface area contributed by atoms with E-state index < -0.39 is 5.97 Å². The molecule has 18 heavy (non-hydrogen) atoms. The Balaban J connectivity index is 2.10. The number of aromatic nitrogens is 2. The average Bonchev–Trinajstić information content (AvgIpc) is 2.79. The number of furan rings is 1. The summed E-state index contributed by atoms with van der Waals surface area (Å²) in [6, 6.07) is 3.58. The summed E-state index contributed by atoms with van der Waals surface area (Å²) in [7, 11) is 1.89. The van der Waals surface area contributed by atoms with E-state index in [1.807, 2.05) is 24.7 Å². The highest BCUT2D eigenvalue weighted by atomic mass is 32.2. The van der Waals surface area contributed by atoms with Crippen LogP contribution in [0.2, 0.25) is 0 Å². The Hall–Kier alpha value is -1.69. The summed E-state index contributed by atoms with van der Waals surface area (Å²) in [6.45, 7) is 3.71. The largest absolute Gasteiger partial charge is 0.475 e. The van der Waals surface area contributed by atoms with Crippen molar-refractivity contribution >= 4 is 17.7 Å². The van der Waals surface area contributed by atoms with Gasteiger partial charge in [-0.15, -0.1) is 11.8 Å². The van der Waals surface area contributed by atoms with E-state index in [0.29, 0.717) is 11.5 Å². The van der Waals surface area contributed by atoms with Gasteiger partial charge in [0.15, 0.2) is 0 Å². The van der Waals surface area contributed by atoms with E-state index in [-0.39, 0.29) is 5.76 Å². The fraction of sp³-hybridized carbons (Fsp3) is 0.333. The van der Waals surface area contributed by atoms with E-state index in [4.69, 9.17) is 9.52 Å². The number of hydrogen-bond donors (Lipinski definition) is 1. The molecule has 0 bridgehead atoms. The smallest absolute Gasteiger partial charge is 0.371 e. The molecule has 6 heteroatoms. The maximum absolute atomic E-state index is 10.8. The van der Waals surface area contributed by atoms with Gasteiger partial charge in [0.1, 0.15) is 5.76 Å². The van der Waals surface area contributed by atoms with E-state index in [1.54, 1.807) is 24.8 Å². The van der Waals surface area contributed by atoms with Crippen molar-refractivity contribution < 1.29 is 14.3 Å². The Morgan fingerprint density at radius 3 is 2.72 bits per heavy atom. The van der Waals surface area contributed by atoms with E-state index >= 15 is 0 Å². The van der Waals surface area contributed by atoms with Gasteiger partial charge in [0, 0.05) is 18.4 Å². The third-order valence-corrected chi connectivity index (χ3v) is 3.70. The summed E-state index contributed by atoms with van der Waals surface area (Å²) in [4.78, 5) is 10.8. The SMILES string of the molecule is Cc1cc(SCc2cc(C(=O)O)oc2C)n(C)n1. The van der Waals surface area contributed by atoms with Gasteiger partial charge in [0.05, 0.1) is 10.7 Å². The number of thioether (sulfide) groups is 1. The summed E-state index contributed by atoms with van der Waals surface area (Å²) in [6.07, 6.45) is 0. The zero-order chi connectivity index (χ0) is 13.3. The summed E-state index contributed by atoms with van der Waals surface area (Å²) < 4.78 is 6.98. The van der Waals surface area contributed by atoms with Crippen LogP contribution in [0, 0.1) is 13.8 Å². The number of carboxylic acid groups (broad SMARTS) is 1. The van der Waals surface area contributed by atoms with Crippen LogP contribution in [0.5, 0.6) is 0 Å². The first kappa shape index (κ1) is 12.8. The number of aryl methyl sites for hydroxylation is 3. The van der Waals surface area contributed by atoms with Crippen LogP contribution in [0.3, 0.4) is 0 Å². The molecule has 0 saturated carbocycles. The van der Waals surface area contributed by atoms with Crippen molar-refractivity contribution in [2.45, 2.75) is 24.6 Å². The van der Waals surface area contributed by atoms with Crippen molar-refractivity contribution in [3.63, 3.8) is 0 Å². The van der Waals surface area contributed by atoms with Gasteiger partial charge in [-0.2, -0.15) is 5.10 Å². The molecule has 1 N–H and O–H groups in total. The van der Waals surface area contributed by atoms with Crippen molar-refractivity contribution in [1.82, 2.24) is 9.78 Å². The minimum Gasteiger partial charge on any atom is -0.475 e. The van der Waals surface area contributed by atoms with Gasteiger partial charge in [-0.05, 0) is 26.0 Å². The summed E-state index contributed by atoms with van der Waals surface area (Å²) in [5, 5.41) is 14.1. The minimum absolute atomic E-state index is 0.00992. The zero-order valence-electron chi connectivity index (χ0n) is 10.4. The Morgan fingerprint density at radius 1 is 1.50 bits per heavy atom. The molecule has 2 heterocycles. The second kappa shape index (κ2) is 4.89. The summed E-state index contributed by atoms with van der Waals surface area (Å²) >= 11 is 1.61. The van der Waals surface area contributed by atoms with Gasteiger partial charge in [0.25, 0.3) is 0 Å². The Bertz CT molecular complexity index is 586. The van der Waals surface area contributed by atoms with Gasteiger partial charge in [0.2, 0.25) is 5.76 Å². The van der Waals surface area contributed by atoms with Crippen LogP contribution in [0.4, 0.5) is 0 Å². The lowest BCUT2D eigenvalue weighted by Gasteiger charge is -2.00. The normalized spacial score (nSPS) is 10.8. The number of carboxylic acids is 1. The molecule has 2 rings (SSSR count). The molecule has 5 nitrogen and oxygen atoms in total. The predicted molar refractivity (Wildman–Crippen MR) is 67.9 cm³/mol. The van der Waals surface area contributed by atoms with Crippen molar-refractivity contribution in [1.29, 1.82) is 0 Å². The van der Waals surface area contributed by atoms with Crippen LogP contribution in [-0.4, -0.2) is 20.9 Å². The van der Waals surface area contributed by atoms with Crippen LogP contribution in [0.1, 0.15) is 27.6 Å². The minimum atomic E-state index is -1.04. The molecule has 0 atom stereocenters. The van der Waals surface area contributed by atoms with Crippen LogP contribution in [0.25, 0.3) is 0 Å². The van der Waals surface area contributed by atoms with Crippen LogP contribution in [0.15, 0.2) is 21.6 Å². The molecule has 0 aliphatic rings. The van der Waals surface area contributed by atoms with Gasteiger partial charge >= 0.3 is 5.97 Å². The third-order valence-electron chi connectivity index (χ3n) is 2.57. The predicted octanol–water partition coefficient (Wildman–Crippen LogP) is 2.62. The first-order valence-electron chi connectivity index (χ1n) is 5.43. The fourth-order valence-corrected chi connectivity index (χ4v) is 2.71. The molecule has 0 unspecified atom stereocenters. The highest BCUT2D eigenvalue weighted by Gasteiger charge is 2.13. The number of carbonyl (C=O) groups is 1. The second-order valence-electron chi connectivity index (χ2n) is 4.03. The lowest BCUT2D eigenvalue weighted by atomic mass is 10.3. The Morgan fingerprint density at radius 2 is 2.22 bits per heavy atom. The molecule has 0 aliphatic heterocycles. The van der Waals surface area contributed by atoms with E-state index in [0.717, 1.165) is 16.3 Å².